The lowest BCUT2D eigenvalue weighted by molar-refractivity contribution is -0.254. The van der Waals surface area contributed by atoms with E-state index in [1.54, 1.807) is 0 Å². The Hall–Kier alpha value is -3.52. The van der Waals surface area contributed by atoms with Gasteiger partial charge in [-0.25, -0.2) is 16.8 Å². The van der Waals surface area contributed by atoms with E-state index in [1.807, 2.05) is 48.5 Å². The molecule has 180 valence electrons. The summed E-state index contributed by atoms with van der Waals surface area (Å²) < 4.78 is 66.1. The minimum Gasteiger partial charge on any atom is -0.744 e. The van der Waals surface area contributed by atoms with Crippen molar-refractivity contribution in [2.45, 2.75) is 9.79 Å². The van der Waals surface area contributed by atoms with Crippen molar-refractivity contribution in [1.29, 1.82) is 0 Å². The summed E-state index contributed by atoms with van der Waals surface area (Å²) >= 11 is 0. The first-order valence-corrected chi connectivity index (χ1v) is 12.4. The molecule has 0 spiro atoms. The first kappa shape index (κ1) is 26.7. The Morgan fingerprint density at radius 3 is 1.09 bits per heavy atom. The predicted molar refractivity (Wildman–Crippen MR) is 127 cm³/mol. The number of hydrogen-bond acceptors (Lipinski definition) is 8. The van der Waals surface area contributed by atoms with E-state index in [9.17, 15) is 25.9 Å². The van der Waals surface area contributed by atoms with Crippen LogP contribution in [0.2, 0.25) is 0 Å². The van der Waals surface area contributed by atoms with Crippen molar-refractivity contribution in [2.75, 3.05) is 11.5 Å². The van der Waals surface area contributed by atoms with Crippen molar-refractivity contribution in [1.82, 2.24) is 0 Å². The zero-order valence-corrected chi connectivity index (χ0v) is 19.6. The summed E-state index contributed by atoms with van der Waals surface area (Å²) in [6, 6.07) is 22.1. The van der Waals surface area contributed by atoms with Crippen molar-refractivity contribution in [2.24, 2.45) is 0 Å². The fourth-order valence-electron chi connectivity index (χ4n) is 2.76. The molecule has 4 aromatic rings. The van der Waals surface area contributed by atoms with Gasteiger partial charge in [0, 0.05) is 22.9 Å². The summed E-state index contributed by atoms with van der Waals surface area (Å²) in [5.74, 6) is 0. The quantitative estimate of drug-likeness (QED) is 0.226. The second-order valence-corrected chi connectivity index (χ2v) is 9.61. The summed E-state index contributed by atoms with van der Waals surface area (Å²) in [5, 5.41) is -0.158. The zero-order valence-electron chi connectivity index (χ0n) is 17.9. The molecule has 0 bridgehead atoms. The molecule has 12 heteroatoms. The van der Waals surface area contributed by atoms with Gasteiger partial charge in [0.15, 0.2) is 11.4 Å². The predicted octanol–water partition coefficient (Wildman–Crippen LogP) is 0.932. The number of nitrogen functional groups attached to an aromatic ring is 2. The Labute approximate surface area is 197 Å². The number of anilines is 2. The number of rotatable bonds is 2. The summed E-state index contributed by atoms with van der Waals surface area (Å²) in [7, 11) is -9.48. The van der Waals surface area contributed by atoms with E-state index in [1.165, 1.54) is 24.3 Å². The van der Waals surface area contributed by atoms with Crippen LogP contribution in [-0.4, -0.2) is 25.9 Å². The average molecular weight is 505 g/mol. The highest BCUT2D eigenvalue weighted by atomic mass is 32.2. The lowest BCUT2D eigenvalue weighted by Crippen LogP contribution is -2.40. The summed E-state index contributed by atoms with van der Waals surface area (Å²) in [6.07, 6.45) is 0. The Bertz CT molecular complexity index is 1350. The van der Waals surface area contributed by atoms with Crippen molar-refractivity contribution in [3.63, 3.8) is 0 Å². The summed E-state index contributed by atoms with van der Waals surface area (Å²) in [6.45, 7) is 0. The van der Waals surface area contributed by atoms with Gasteiger partial charge < -0.3 is 32.0 Å². The summed E-state index contributed by atoms with van der Waals surface area (Å²) in [4.78, 5) is -1.10. The van der Waals surface area contributed by atoms with Gasteiger partial charge in [0.2, 0.25) is 0 Å². The van der Waals surface area contributed by atoms with Gasteiger partial charge in [-0.1, -0.05) is 48.5 Å². The highest BCUT2D eigenvalue weighted by Gasteiger charge is 2.12. The maximum Gasteiger partial charge on any atom is 0.151 e. The van der Waals surface area contributed by atoms with Crippen LogP contribution in [0, 0.1) is 0 Å². The van der Waals surface area contributed by atoms with Crippen LogP contribution < -0.4 is 22.9 Å². The molecule has 0 saturated carbocycles. The molecule has 0 radical (unpaired) electrons. The van der Waals surface area contributed by atoms with Gasteiger partial charge >= 0.3 is 0 Å². The molecule has 0 aliphatic rings. The van der Waals surface area contributed by atoms with E-state index in [2.05, 4.69) is 11.5 Å². The standard InChI is InChI=1S/C10H8O6S2.2C6H8N2/c11-17(12,13)9-5-1-3-7-8(9)4-2-6-10(7)18(14,15)16;2*7-5-3-1-2-4-6(5)8/h1-6H,(H,11,12,13)(H,14,15,16);2*1-4H,7-8H2. The SMILES string of the molecule is Nc1ccccc1[NH3+].Nc1ccccc1[NH3+].O=S(=O)([O-])c1cccc2c(S(=O)(=O)[O-])cccc12. The van der Waals surface area contributed by atoms with E-state index in [-0.39, 0.29) is 10.8 Å². The van der Waals surface area contributed by atoms with E-state index < -0.39 is 30.0 Å². The van der Waals surface area contributed by atoms with Crippen LogP contribution >= 0.6 is 0 Å². The smallest absolute Gasteiger partial charge is 0.151 e. The molecule has 0 unspecified atom stereocenters. The molecule has 0 saturated heterocycles. The van der Waals surface area contributed by atoms with Gasteiger partial charge in [-0.15, -0.1) is 0 Å². The third-order valence-electron chi connectivity index (χ3n) is 4.49. The van der Waals surface area contributed by atoms with E-state index in [4.69, 9.17) is 11.5 Å². The molecule has 0 heterocycles. The van der Waals surface area contributed by atoms with E-state index in [0.29, 0.717) is 0 Å². The van der Waals surface area contributed by atoms with E-state index in [0.717, 1.165) is 34.9 Å². The summed E-state index contributed by atoms with van der Waals surface area (Å²) in [5.41, 5.74) is 21.6. The third-order valence-corrected chi connectivity index (χ3v) is 6.28. The van der Waals surface area contributed by atoms with Gasteiger partial charge in [0.1, 0.15) is 20.2 Å². The van der Waals surface area contributed by atoms with Crippen molar-refractivity contribution in [3.05, 3.63) is 84.9 Å². The fraction of sp³-hybridized carbons (Fsp3) is 0. The van der Waals surface area contributed by atoms with Crippen LogP contribution in [0.4, 0.5) is 22.7 Å². The zero-order chi connectivity index (χ0) is 25.5. The van der Waals surface area contributed by atoms with Crippen molar-refractivity contribution in [3.8, 4) is 0 Å². The molecule has 0 fully saturated rings. The molecule has 0 aliphatic carbocycles. The highest BCUT2D eigenvalue weighted by molar-refractivity contribution is 7.86. The normalized spacial score (nSPS) is 11.1. The van der Waals surface area contributed by atoms with Crippen molar-refractivity contribution < 1.29 is 37.4 Å². The molecule has 0 amide bonds. The molecule has 34 heavy (non-hydrogen) atoms. The number of fused-ring (bicyclic) bond motifs is 1. The Morgan fingerprint density at radius 1 is 0.529 bits per heavy atom. The lowest BCUT2D eigenvalue weighted by Gasteiger charge is -2.14. The molecule has 0 aliphatic heterocycles. The monoisotopic (exact) mass is 504 g/mol. The Morgan fingerprint density at radius 2 is 0.853 bits per heavy atom. The second kappa shape index (κ2) is 11.1. The molecule has 4 rings (SSSR count). The highest BCUT2D eigenvalue weighted by Crippen LogP contribution is 2.27. The van der Waals surface area contributed by atoms with Crippen LogP contribution in [0.1, 0.15) is 0 Å². The van der Waals surface area contributed by atoms with Crippen LogP contribution in [0.5, 0.6) is 0 Å². The average Bonchev–Trinajstić information content (AvgIpc) is 2.76. The number of para-hydroxylation sites is 2. The van der Waals surface area contributed by atoms with E-state index >= 15 is 0 Å². The molecule has 4 aromatic carbocycles. The van der Waals surface area contributed by atoms with Crippen LogP contribution in [-0.2, 0) is 20.2 Å². The minimum atomic E-state index is -4.74. The maximum atomic E-state index is 11.0. The molecular weight excluding hydrogens is 480 g/mol. The molecule has 10 nitrogen and oxygen atoms in total. The minimum absolute atomic E-state index is 0.0792. The number of benzene rings is 4. The Kier molecular flexibility index (Phi) is 8.70. The Balaban J connectivity index is 0.000000210. The molecular formula is C22H24N4O6S2. The maximum absolute atomic E-state index is 11.0. The van der Waals surface area contributed by atoms with Gasteiger partial charge in [0.25, 0.3) is 0 Å². The first-order valence-electron chi connectivity index (χ1n) is 9.59. The largest absolute Gasteiger partial charge is 0.744 e. The fourth-order valence-corrected chi connectivity index (χ4v) is 4.14. The number of quaternary nitrogens is 2. The van der Waals surface area contributed by atoms with Crippen LogP contribution in [0.25, 0.3) is 10.8 Å². The van der Waals surface area contributed by atoms with Gasteiger partial charge in [-0.2, -0.15) is 0 Å². The van der Waals surface area contributed by atoms with Crippen molar-refractivity contribution >= 4 is 53.8 Å². The second-order valence-electron chi connectivity index (χ2n) is 6.91. The third kappa shape index (κ3) is 7.25. The van der Waals surface area contributed by atoms with Crippen LogP contribution in [0.15, 0.2) is 94.7 Å². The number of hydrogen-bond donors (Lipinski definition) is 4. The van der Waals surface area contributed by atoms with Gasteiger partial charge in [-0.3, -0.25) is 0 Å². The van der Waals surface area contributed by atoms with Gasteiger partial charge in [0.05, 0.1) is 21.2 Å². The molecule has 0 atom stereocenters. The molecule has 0 aromatic heterocycles. The van der Waals surface area contributed by atoms with Gasteiger partial charge in [-0.05, 0) is 24.3 Å². The lowest BCUT2D eigenvalue weighted by atomic mass is 10.1. The topological polar surface area (TPSA) is 222 Å². The van der Waals surface area contributed by atoms with Crippen LogP contribution in [0.3, 0.4) is 0 Å². The molecule has 10 N–H and O–H groups in total. The number of nitrogens with two attached hydrogens (primary N) is 2. The first-order chi connectivity index (χ1) is 15.8.